The third-order valence-electron chi connectivity index (χ3n) is 3.37. The fourth-order valence-electron chi connectivity index (χ4n) is 2.42. The van der Waals surface area contributed by atoms with E-state index in [0.29, 0.717) is 19.4 Å². The molecular formula is C13H23N3O4. The van der Waals surface area contributed by atoms with Crippen LogP contribution in [0.5, 0.6) is 0 Å². The molecule has 1 fully saturated rings. The maximum atomic E-state index is 12.2. The van der Waals surface area contributed by atoms with Crippen molar-refractivity contribution in [3.63, 3.8) is 0 Å². The third kappa shape index (κ3) is 4.19. The summed E-state index contributed by atoms with van der Waals surface area (Å²) >= 11 is 0. The Morgan fingerprint density at radius 1 is 1.40 bits per heavy atom. The van der Waals surface area contributed by atoms with Gasteiger partial charge in [0, 0.05) is 6.54 Å². The van der Waals surface area contributed by atoms with E-state index in [4.69, 9.17) is 10.8 Å². The number of hydrogen-bond donors (Lipinski definition) is 3. The molecule has 1 saturated heterocycles. The number of nitrogens with one attached hydrogen (secondary N) is 1. The van der Waals surface area contributed by atoms with Crippen LogP contribution in [0.25, 0.3) is 0 Å². The van der Waals surface area contributed by atoms with Gasteiger partial charge in [-0.25, -0.2) is 4.79 Å². The summed E-state index contributed by atoms with van der Waals surface area (Å²) in [4.78, 5) is 36.4. The summed E-state index contributed by atoms with van der Waals surface area (Å²) in [5.74, 6) is -1.58. The van der Waals surface area contributed by atoms with Gasteiger partial charge in [-0.3, -0.25) is 9.59 Å². The van der Waals surface area contributed by atoms with Gasteiger partial charge in [-0.2, -0.15) is 0 Å². The van der Waals surface area contributed by atoms with Crippen molar-refractivity contribution in [3.8, 4) is 0 Å². The van der Waals surface area contributed by atoms with Gasteiger partial charge in [0.1, 0.15) is 12.1 Å². The molecule has 1 heterocycles. The van der Waals surface area contributed by atoms with E-state index < -0.39 is 24.0 Å². The Morgan fingerprint density at radius 3 is 2.55 bits per heavy atom. The number of nitrogens with two attached hydrogens (primary N) is 1. The van der Waals surface area contributed by atoms with Gasteiger partial charge in [-0.05, 0) is 25.2 Å². The monoisotopic (exact) mass is 285 g/mol. The van der Waals surface area contributed by atoms with Gasteiger partial charge in [-0.15, -0.1) is 0 Å². The van der Waals surface area contributed by atoms with Crippen LogP contribution in [0.2, 0.25) is 0 Å². The largest absolute Gasteiger partial charge is 0.480 e. The average Bonchev–Trinajstić information content (AvgIpc) is 2.85. The molecule has 0 bridgehead atoms. The van der Waals surface area contributed by atoms with Gasteiger partial charge in [0.25, 0.3) is 0 Å². The van der Waals surface area contributed by atoms with Crippen LogP contribution >= 0.6 is 0 Å². The van der Waals surface area contributed by atoms with E-state index >= 15 is 0 Å². The number of amides is 2. The highest BCUT2D eigenvalue weighted by atomic mass is 16.4. The minimum Gasteiger partial charge on any atom is -0.480 e. The molecule has 0 unspecified atom stereocenters. The molecule has 2 atom stereocenters. The van der Waals surface area contributed by atoms with Crippen LogP contribution in [0.3, 0.4) is 0 Å². The Balaban J connectivity index is 2.68. The summed E-state index contributed by atoms with van der Waals surface area (Å²) in [7, 11) is 0. The predicted octanol–water partition coefficient (Wildman–Crippen LogP) is -0.448. The van der Waals surface area contributed by atoms with E-state index in [1.54, 1.807) is 0 Å². The first-order chi connectivity index (χ1) is 9.36. The second-order valence-corrected chi connectivity index (χ2v) is 5.48. The van der Waals surface area contributed by atoms with Crippen LogP contribution in [0, 0.1) is 5.92 Å². The number of likely N-dealkylation sites (tertiary alicyclic amines) is 1. The second kappa shape index (κ2) is 7.23. The van der Waals surface area contributed by atoms with Crippen LogP contribution in [-0.4, -0.2) is 53.0 Å². The van der Waals surface area contributed by atoms with Crippen molar-refractivity contribution < 1.29 is 19.5 Å². The number of carbonyl (C=O) groups excluding carboxylic acids is 2. The van der Waals surface area contributed by atoms with Gasteiger partial charge in [0.05, 0.1) is 6.54 Å². The molecule has 0 radical (unpaired) electrons. The Labute approximate surface area is 118 Å². The van der Waals surface area contributed by atoms with E-state index in [0.717, 1.165) is 6.42 Å². The third-order valence-corrected chi connectivity index (χ3v) is 3.37. The quantitative estimate of drug-likeness (QED) is 0.612. The van der Waals surface area contributed by atoms with Crippen LogP contribution in [0.4, 0.5) is 0 Å². The highest BCUT2D eigenvalue weighted by Gasteiger charge is 2.35. The lowest BCUT2D eigenvalue weighted by Gasteiger charge is -2.25. The summed E-state index contributed by atoms with van der Waals surface area (Å²) in [6, 6.07) is -1.52. The maximum Gasteiger partial charge on any atom is 0.326 e. The first-order valence-electron chi connectivity index (χ1n) is 6.89. The van der Waals surface area contributed by atoms with Crippen LogP contribution in [-0.2, 0) is 14.4 Å². The number of carboxylic acid groups (broad SMARTS) is 1. The minimum absolute atomic E-state index is 0.141. The molecule has 7 heteroatoms. The zero-order valence-corrected chi connectivity index (χ0v) is 12.0. The van der Waals surface area contributed by atoms with Crippen LogP contribution < -0.4 is 11.1 Å². The Kier molecular flexibility index (Phi) is 5.94. The second-order valence-electron chi connectivity index (χ2n) is 5.48. The molecule has 2 amide bonds. The number of hydrogen-bond acceptors (Lipinski definition) is 4. The molecule has 114 valence electrons. The number of rotatable bonds is 6. The van der Waals surface area contributed by atoms with Gasteiger partial charge in [-0.1, -0.05) is 13.8 Å². The molecular weight excluding hydrogens is 262 g/mol. The molecule has 7 nitrogen and oxygen atoms in total. The summed E-state index contributed by atoms with van der Waals surface area (Å²) in [5, 5.41) is 11.6. The molecule has 4 N–H and O–H groups in total. The highest BCUT2D eigenvalue weighted by Crippen LogP contribution is 2.18. The molecule has 0 aromatic rings. The maximum absolute atomic E-state index is 12.2. The van der Waals surface area contributed by atoms with Crippen molar-refractivity contribution in [1.82, 2.24) is 10.2 Å². The van der Waals surface area contributed by atoms with E-state index in [1.807, 2.05) is 13.8 Å². The molecule has 1 rings (SSSR count). The predicted molar refractivity (Wildman–Crippen MR) is 72.8 cm³/mol. The molecule has 0 aliphatic carbocycles. The molecule has 1 aliphatic rings. The fourth-order valence-corrected chi connectivity index (χ4v) is 2.42. The van der Waals surface area contributed by atoms with Crippen molar-refractivity contribution >= 4 is 17.8 Å². The van der Waals surface area contributed by atoms with E-state index in [-0.39, 0.29) is 18.4 Å². The molecule has 0 spiro atoms. The normalized spacial score (nSPS) is 20.0. The molecule has 1 aliphatic heterocycles. The van der Waals surface area contributed by atoms with Gasteiger partial charge in [0.15, 0.2) is 0 Å². The molecule has 20 heavy (non-hydrogen) atoms. The van der Waals surface area contributed by atoms with Crippen LogP contribution in [0.15, 0.2) is 0 Å². The lowest BCUT2D eigenvalue weighted by atomic mass is 10.0. The van der Waals surface area contributed by atoms with E-state index in [2.05, 4.69) is 5.32 Å². The Morgan fingerprint density at radius 2 is 2.05 bits per heavy atom. The minimum atomic E-state index is -1.05. The van der Waals surface area contributed by atoms with E-state index in [9.17, 15) is 14.4 Å². The van der Waals surface area contributed by atoms with Crippen molar-refractivity contribution in [3.05, 3.63) is 0 Å². The zero-order valence-electron chi connectivity index (χ0n) is 12.0. The fraction of sp³-hybridized carbons (Fsp3) is 0.769. The number of nitrogens with zero attached hydrogens (tertiary/aromatic N) is 1. The molecule has 0 aromatic carbocycles. The Bertz CT molecular complexity index is 384. The summed E-state index contributed by atoms with van der Waals surface area (Å²) in [6.45, 7) is 4.14. The van der Waals surface area contributed by atoms with Gasteiger partial charge < -0.3 is 21.1 Å². The summed E-state index contributed by atoms with van der Waals surface area (Å²) in [6.07, 6.45) is 1.63. The lowest BCUT2D eigenvalue weighted by molar-refractivity contribution is -0.144. The van der Waals surface area contributed by atoms with Gasteiger partial charge >= 0.3 is 5.97 Å². The standard InChI is InChI=1S/C13H23N3O4/c1-8(2)6-9(13(19)20)15-12(18)10-4-3-5-16(10)11(17)7-14/h8-10H,3-7,14H2,1-2H3,(H,15,18)(H,19,20)/t9-,10-/m0/s1. The van der Waals surface area contributed by atoms with Crippen molar-refractivity contribution in [2.24, 2.45) is 11.7 Å². The van der Waals surface area contributed by atoms with Crippen molar-refractivity contribution in [2.75, 3.05) is 13.1 Å². The SMILES string of the molecule is CC(C)C[C@H](NC(=O)[C@@H]1CCCN1C(=O)CN)C(=O)O. The molecule has 0 aromatic heterocycles. The summed E-state index contributed by atoms with van der Waals surface area (Å²) < 4.78 is 0. The van der Waals surface area contributed by atoms with Crippen molar-refractivity contribution in [1.29, 1.82) is 0 Å². The lowest BCUT2D eigenvalue weighted by Crippen LogP contribution is -2.52. The average molecular weight is 285 g/mol. The first kappa shape index (κ1) is 16.4. The number of aliphatic carboxylic acids is 1. The number of carboxylic acids is 1. The van der Waals surface area contributed by atoms with Gasteiger partial charge in [0.2, 0.25) is 11.8 Å². The first-order valence-corrected chi connectivity index (χ1v) is 6.89. The highest BCUT2D eigenvalue weighted by molar-refractivity contribution is 5.91. The van der Waals surface area contributed by atoms with Crippen LogP contribution in [0.1, 0.15) is 33.1 Å². The number of carbonyl (C=O) groups is 3. The summed E-state index contributed by atoms with van der Waals surface area (Å²) in [5.41, 5.74) is 5.31. The Hall–Kier alpha value is -1.63. The van der Waals surface area contributed by atoms with E-state index in [1.165, 1.54) is 4.90 Å². The molecule has 0 saturated carbocycles. The topological polar surface area (TPSA) is 113 Å². The van der Waals surface area contributed by atoms with Crippen molar-refractivity contribution in [2.45, 2.75) is 45.2 Å². The smallest absolute Gasteiger partial charge is 0.326 e. The zero-order chi connectivity index (χ0) is 15.3.